The summed E-state index contributed by atoms with van der Waals surface area (Å²) in [6.45, 7) is 6.17. The highest BCUT2D eigenvalue weighted by Crippen LogP contribution is 2.25. The van der Waals surface area contributed by atoms with E-state index in [0.717, 1.165) is 10.2 Å². The summed E-state index contributed by atoms with van der Waals surface area (Å²) in [6.07, 6.45) is 1.73. The van der Waals surface area contributed by atoms with Gasteiger partial charge in [-0.05, 0) is 40.5 Å². The van der Waals surface area contributed by atoms with E-state index in [-0.39, 0.29) is 0 Å². The molecule has 2 heteroatoms. The largest absolute Gasteiger partial charge is 0.488 e. The van der Waals surface area contributed by atoms with Crippen molar-refractivity contribution in [3.8, 4) is 5.75 Å². The van der Waals surface area contributed by atoms with E-state index in [1.807, 2.05) is 25.1 Å². The van der Waals surface area contributed by atoms with Crippen LogP contribution in [0.25, 0.3) is 0 Å². The van der Waals surface area contributed by atoms with Crippen LogP contribution in [-0.2, 0) is 0 Å². The molecular weight excluding hydrogens is 216 g/mol. The van der Waals surface area contributed by atoms with Gasteiger partial charge < -0.3 is 4.74 Å². The van der Waals surface area contributed by atoms with E-state index in [1.54, 1.807) is 6.08 Å². The predicted molar refractivity (Wildman–Crippen MR) is 54.6 cm³/mol. The summed E-state index contributed by atoms with van der Waals surface area (Å²) in [5, 5.41) is 0. The van der Waals surface area contributed by atoms with Crippen molar-refractivity contribution in [3.05, 3.63) is 40.9 Å². The summed E-state index contributed by atoms with van der Waals surface area (Å²) >= 11 is 3.42. The second-order valence-corrected chi connectivity index (χ2v) is 3.39. The molecule has 0 heterocycles. The average molecular weight is 227 g/mol. The highest BCUT2D eigenvalue weighted by Gasteiger charge is 1.98. The summed E-state index contributed by atoms with van der Waals surface area (Å²) < 4.78 is 6.37. The topological polar surface area (TPSA) is 9.23 Å². The molecular formula is C10H11BrO. The standard InChI is InChI=1S/C10H11BrO/c1-3-6-12-10-5-4-8(2)7-9(10)11/h3-5,7H,1,6H2,2H3. The molecule has 0 radical (unpaired) electrons. The zero-order valence-electron chi connectivity index (χ0n) is 7.01. The van der Waals surface area contributed by atoms with Gasteiger partial charge in [-0.3, -0.25) is 0 Å². The third kappa shape index (κ3) is 2.38. The maximum Gasteiger partial charge on any atom is 0.133 e. The fraction of sp³-hybridized carbons (Fsp3) is 0.200. The average Bonchev–Trinajstić information content (AvgIpc) is 2.03. The van der Waals surface area contributed by atoms with Crippen LogP contribution in [0.2, 0.25) is 0 Å². The van der Waals surface area contributed by atoms with Crippen LogP contribution in [0.15, 0.2) is 35.3 Å². The van der Waals surface area contributed by atoms with Crippen LogP contribution >= 0.6 is 15.9 Å². The van der Waals surface area contributed by atoms with E-state index >= 15 is 0 Å². The zero-order valence-corrected chi connectivity index (χ0v) is 8.60. The molecule has 0 amide bonds. The van der Waals surface area contributed by atoms with Crippen molar-refractivity contribution in [2.45, 2.75) is 6.92 Å². The molecule has 0 saturated carbocycles. The van der Waals surface area contributed by atoms with Crippen molar-refractivity contribution >= 4 is 15.9 Å². The number of ether oxygens (including phenoxy) is 1. The molecule has 0 aliphatic heterocycles. The first-order chi connectivity index (χ1) is 5.74. The summed E-state index contributed by atoms with van der Waals surface area (Å²) in [4.78, 5) is 0. The van der Waals surface area contributed by atoms with Crippen molar-refractivity contribution in [1.29, 1.82) is 0 Å². The lowest BCUT2D eigenvalue weighted by molar-refractivity contribution is 0.361. The number of aryl methyl sites for hydroxylation is 1. The lowest BCUT2D eigenvalue weighted by Gasteiger charge is -2.05. The maximum atomic E-state index is 5.38. The molecule has 0 fully saturated rings. The minimum absolute atomic E-state index is 0.543. The van der Waals surface area contributed by atoms with Crippen molar-refractivity contribution in [2.75, 3.05) is 6.61 Å². The summed E-state index contributed by atoms with van der Waals surface area (Å²) in [5.74, 6) is 0.862. The fourth-order valence-electron chi connectivity index (χ4n) is 0.872. The van der Waals surface area contributed by atoms with E-state index in [0.29, 0.717) is 6.61 Å². The first kappa shape index (κ1) is 9.33. The van der Waals surface area contributed by atoms with Crippen LogP contribution in [0.4, 0.5) is 0 Å². The monoisotopic (exact) mass is 226 g/mol. The molecule has 0 aromatic heterocycles. The zero-order chi connectivity index (χ0) is 8.97. The quantitative estimate of drug-likeness (QED) is 0.719. The second-order valence-electron chi connectivity index (χ2n) is 2.53. The molecule has 1 aromatic carbocycles. The smallest absolute Gasteiger partial charge is 0.133 e. The number of rotatable bonds is 3. The minimum atomic E-state index is 0.543. The van der Waals surface area contributed by atoms with Crippen molar-refractivity contribution in [1.82, 2.24) is 0 Å². The number of halogens is 1. The molecule has 0 bridgehead atoms. The van der Waals surface area contributed by atoms with Gasteiger partial charge in [0, 0.05) is 0 Å². The molecule has 0 spiro atoms. The second kappa shape index (κ2) is 4.31. The first-order valence-corrected chi connectivity index (χ1v) is 4.53. The molecule has 64 valence electrons. The van der Waals surface area contributed by atoms with Crippen molar-refractivity contribution < 1.29 is 4.74 Å². The van der Waals surface area contributed by atoms with Crippen LogP contribution in [0.1, 0.15) is 5.56 Å². The Labute approximate surface area is 81.2 Å². The lowest BCUT2D eigenvalue weighted by Crippen LogP contribution is -1.93. The van der Waals surface area contributed by atoms with Crippen molar-refractivity contribution in [3.63, 3.8) is 0 Å². The Morgan fingerprint density at radius 1 is 1.58 bits per heavy atom. The predicted octanol–water partition coefficient (Wildman–Crippen LogP) is 3.32. The molecule has 1 aromatic rings. The van der Waals surface area contributed by atoms with Gasteiger partial charge in [0.15, 0.2) is 0 Å². The fourth-order valence-corrected chi connectivity index (χ4v) is 1.48. The highest BCUT2D eigenvalue weighted by atomic mass is 79.9. The molecule has 0 saturated heterocycles. The molecule has 12 heavy (non-hydrogen) atoms. The van der Waals surface area contributed by atoms with Gasteiger partial charge >= 0.3 is 0 Å². The van der Waals surface area contributed by atoms with Crippen LogP contribution in [0.3, 0.4) is 0 Å². The first-order valence-electron chi connectivity index (χ1n) is 3.74. The Bertz CT molecular complexity index is 281. The van der Waals surface area contributed by atoms with Gasteiger partial charge in [-0.2, -0.15) is 0 Å². The van der Waals surface area contributed by atoms with E-state index in [9.17, 15) is 0 Å². The molecule has 1 nitrogen and oxygen atoms in total. The van der Waals surface area contributed by atoms with Crippen LogP contribution in [0, 0.1) is 6.92 Å². The normalized spacial score (nSPS) is 9.50. The van der Waals surface area contributed by atoms with Crippen LogP contribution < -0.4 is 4.74 Å². The molecule has 0 aliphatic rings. The van der Waals surface area contributed by atoms with Gasteiger partial charge in [0.1, 0.15) is 12.4 Å². The van der Waals surface area contributed by atoms with Crippen LogP contribution in [-0.4, -0.2) is 6.61 Å². The highest BCUT2D eigenvalue weighted by molar-refractivity contribution is 9.10. The van der Waals surface area contributed by atoms with Gasteiger partial charge in [-0.15, -0.1) is 0 Å². The maximum absolute atomic E-state index is 5.38. The van der Waals surface area contributed by atoms with Crippen LogP contribution in [0.5, 0.6) is 5.75 Å². The van der Waals surface area contributed by atoms with E-state index < -0.39 is 0 Å². The molecule has 0 atom stereocenters. The SMILES string of the molecule is C=CCOc1ccc(C)cc1Br. The Hall–Kier alpha value is -0.760. The van der Waals surface area contributed by atoms with E-state index in [1.165, 1.54) is 5.56 Å². The van der Waals surface area contributed by atoms with Crippen molar-refractivity contribution in [2.24, 2.45) is 0 Å². The Kier molecular flexibility index (Phi) is 3.35. The van der Waals surface area contributed by atoms with Gasteiger partial charge in [-0.25, -0.2) is 0 Å². The summed E-state index contributed by atoms with van der Waals surface area (Å²) in [7, 11) is 0. The summed E-state index contributed by atoms with van der Waals surface area (Å²) in [6, 6.07) is 5.99. The lowest BCUT2D eigenvalue weighted by atomic mass is 10.2. The summed E-state index contributed by atoms with van der Waals surface area (Å²) in [5.41, 5.74) is 1.22. The number of benzene rings is 1. The molecule has 0 unspecified atom stereocenters. The Morgan fingerprint density at radius 2 is 2.33 bits per heavy atom. The number of hydrogen-bond donors (Lipinski definition) is 0. The third-order valence-electron chi connectivity index (χ3n) is 1.44. The van der Waals surface area contributed by atoms with E-state index in [2.05, 4.69) is 22.5 Å². The molecule has 1 rings (SSSR count). The molecule has 0 aliphatic carbocycles. The Morgan fingerprint density at radius 3 is 2.92 bits per heavy atom. The van der Waals surface area contributed by atoms with Gasteiger partial charge in [0.05, 0.1) is 4.47 Å². The van der Waals surface area contributed by atoms with Gasteiger partial charge in [0.2, 0.25) is 0 Å². The van der Waals surface area contributed by atoms with Gasteiger partial charge in [0.25, 0.3) is 0 Å². The number of hydrogen-bond acceptors (Lipinski definition) is 1. The van der Waals surface area contributed by atoms with E-state index in [4.69, 9.17) is 4.74 Å². The third-order valence-corrected chi connectivity index (χ3v) is 2.06. The van der Waals surface area contributed by atoms with Gasteiger partial charge in [-0.1, -0.05) is 18.7 Å². The minimum Gasteiger partial charge on any atom is -0.488 e. The molecule has 0 N–H and O–H groups in total. The Balaban J connectivity index is 2.78.